The lowest BCUT2D eigenvalue weighted by atomic mass is 9.70. The first-order valence-corrected chi connectivity index (χ1v) is 9.04. The highest BCUT2D eigenvalue weighted by molar-refractivity contribution is 6.37. The monoisotopic (exact) mass is 386 g/mol. The Hall–Kier alpha value is -1.80. The van der Waals surface area contributed by atoms with Gasteiger partial charge < -0.3 is 0 Å². The van der Waals surface area contributed by atoms with Crippen LogP contribution in [0.5, 0.6) is 0 Å². The van der Waals surface area contributed by atoms with Crippen LogP contribution in [0.3, 0.4) is 0 Å². The molecule has 0 saturated heterocycles. The minimum atomic E-state index is -0.773. The predicted molar refractivity (Wildman–Crippen MR) is 103 cm³/mol. The van der Waals surface area contributed by atoms with E-state index in [0.29, 0.717) is 15.6 Å². The minimum Gasteiger partial charge on any atom is -0.292 e. The molecule has 3 aromatic rings. The second-order valence-electron chi connectivity index (χ2n) is 6.09. The Balaban J connectivity index is 2.08. The number of hydrogen-bond donors (Lipinski definition) is 0. The van der Waals surface area contributed by atoms with E-state index in [1.165, 1.54) is 0 Å². The molecule has 0 heterocycles. The van der Waals surface area contributed by atoms with Gasteiger partial charge in [0.1, 0.15) is 5.38 Å². The second-order valence-corrected chi connectivity index (χ2v) is 7.40. The third-order valence-electron chi connectivity index (χ3n) is 4.83. The average Bonchev–Trinajstić information content (AvgIpc) is 2.86. The van der Waals surface area contributed by atoms with Crippen LogP contribution in [0.1, 0.15) is 27.0 Å². The number of rotatable bonds is 2. The van der Waals surface area contributed by atoms with Gasteiger partial charge in [0.15, 0.2) is 5.78 Å². The van der Waals surface area contributed by atoms with Crippen molar-refractivity contribution >= 4 is 40.6 Å². The standard InChI is InChI=1S/C21H13Cl3O/c22-15-9-5-13(6-10-15)21(14-7-11-16(23)12-8-14)18-4-2-1-3-17(18)19(25)20(21)24/h1-12,20H. The first-order valence-electron chi connectivity index (χ1n) is 7.85. The van der Waals surface area contributed by atoms with Crippen LogP contribution in [0, 0.1) is 0 Å². The normalized spacial score (nSPS) is 18.2. The number of carbonyl (C=O) groups is 1. The van der Waals surface area contributed by atoms with Crippen molar-refractivity contribution in [3.05, 3.63) is 105 Å². The largest absolute Gasteiger partial charge is 0.292 e. The van der Waals surface area contributed by atoms with Crippen LogP contribution in [-0.4, -0.2) is 11.2 Å². The van der Waals surface area contributed by atoms with E-state index < -0.39 is 10.8 Å². The number of alkyl halides is 1. The molecule has 3 aromatic carbocycles. The van der Waals surface area contributed by atoms with Crippen molar-refractivity contribution < 1.29 is 4.79 Å². The van der Waals surface area contributed by atoms with Crippen molar-refractivity contribution in [2.75, 3.05) is 0 Å². The van der Waals surface area contributed by atoms with Gasteiger partial charge >= 0.3 is 0 Å². The summed E-state index contributed by atoms with van der Waals surface area (Å²) in [6, 6.07) is 22.6. The minimum absolute atomic E-state index is 0.0674. The van der Waals surface area contributed by atoms with E-state index in [-0.39, 0.29) is 5.78 Å². The zero-order chi connectivity index (χ0) is 17.6. The summed E-state index contributed by atoms with van der Waals surface area (Å²) in [5, 5.41) is 0.532. The molecule has 0 fully saturated rings. The first-order chi connectivity index (χ1) is 12.0. The number of carbonyl (C=O) groups excluding carboxylic acids is 1. The van der Waals surface area contributed by atoms with Gasteiger partial charge in [-0.15, -0.1) is 11.6 Å². The summed E-state index contributed by atoms with van der Waals surface area (Å²) >= 11 is 18.9. The van der Waals surface area contributed by atoms with Crippen molar-refractivity contribution in [1.82, 2.24) is 0 Å². The number of ketones is 1. The van der Waals surface area contributed by atoms with E-state index in [1.807, 2.05) is 72.8 Å². The molecular weight excluding hydrogens is 375 g/mol. The average molecular weight is 388 g/mol. The summed E-state index contributed by atoms with van der Waals surface area (Å²) in [4.78, 5) is 12.9. The number of benzene rings is 3. The van der Waals surface area contributed by atoms with E-state index in [1.54, 1.807) is 0 Å². The van der Waals surface area contributed by atoms with Crippen LogP contribution < -0.4 is 0 Å². The SMILES string of the molecule is O=C1c2ccccc2C(c2ccc(Cl)cc2)(c2ccc(Cl)cc2)C1Cl. The topological polar surface area (TPSA) is 17.1 Å². The molecule has 0 amide bonds. The molecule has 124 valence electrons. The fourth-order valence-electron chi connectivity index (χ4n) is 3.71. The second kappa shape index (κ2) is 6.17. The highest BCUT2D eigenvalue weighted by Gasteiger charge is 2.53. The molecule has 0 N–H and O–H groups in total. The van der Waals surface area contributed by atoms with Crippen molar-refractivity contribution in [3.8, 4) is 0 Å². The van der Waals surface area contributed by atoms with Crippen molar-refractivity contribution in [1.29, 1.82) is 0 Å². The summed E-state index contributed by atoms with van der Waals surface area (Å²) in [6.45, 7) is 0. The molecule has 0 bridgehead atoms. The first kappa shape index (κ1) is 16.7. The lowest BCUT2D eigenvalue weighted by Gasteiger charge is -2.34. The highest BCUT2D eigenvalue weighted by Crippen LogP contribution is 2.51. The Labute approximate surface area is 161 Å². The van der Waals surface area contributed by atoms with Crippen molar-refractivity contribution in [3.63, 3.8) is 0 Å². The van der Waals surface area contributed by atoms with Gasteiger partial charge in [-0.25, -0.2) is 0 Å². The lowest BCUT2D eigenvalue weighted by molar-refractivity contribution is 0.0988. The Morgan fingerprint density at radius 3 is 1.72 bits per heavy atom. The maximum Gasteiger partial charge on any atom is 0.182 e. The molecule has 0 radical (unpaired) electrons. The number of Topliss-reactive ketones (excluding diaryl/α,β-unsaturated/α-hetero) is 1. The quantitative estimate of drug-likeness (QED) is 0.483. The summed E-state index contributed by atoms with van der Waals surface area (Å²) < 4.78 is 0. The molecule has 1 atom stereocenters. The van der Waals surface area contributed by atoms with Crippen molar-refractivity contribution in [2.45, 2.75) is 10.8 Å². The third-order valence-corrected chi connectivity index (χ3v) is 5.86. The molecule has 0 spiro atoms. The van der Waals surface area contributed by atoms with Crippen LogP contribution in [-0.2, 0) is 5.41 Å². The van der Waals surface area contributed by atoms with E-state index in [2.05, 4.69) is 0 Å². The molecule has 25 heavy (non-hydrogen) atoms. The Bertz CT molecular complexity index is 900. The summed E-state index contributed by atoms with van der Waals surface area (Å²) in [5.74, 6) is -0.0674. The van der Waals surface area contributed by atoms with Crippen LogP contribution in [0.4, 0.5) is 0 Å². The molecule has 1 nitrogen and oxygen atoms in total. The summed E-state index contributed by atoms with van der Waals surface area (Å²) in [6.07, 6.45) is 0. The fourth-order valence-corrected chi connectivity index (χ4v) is 4.45. The van der Waals surface area contributed by atoms with Gasteiger partial charge in [0, 0.05) is 15.6 Å². The zero-order valence-corrected chi connectivity index (χ0v) is 15.3. The third kappa shape index (κ3) is 2.42. The van der Waals surface area contributed by atoms with Crippen molar-refractivity contribution in [2.24, 2.45) is 0 Å². The van der Waals surface area contributed by atoms with Gasteiger partial charge in [0.25, 0.3) is 0 Å². The molecule has 0 aliphatic heterocycles. The Kier molecular flexibility index (Phi) is 4.11. The van der Waals surface area contributed by atoms with Gasteiger partial charge in [-0.05, 0) is 41.0 Å². The number of hydrogen-bond acceptors (Lipinski definition) is 1. The maximum absolute atomic E-state index is 12.9. The molecule has 1 unspecified atom stereocenters. The van der Waals surface area contributed by atoms with Crippen LogP contribution in [0.25, 0.3) is 0 Å². The number of fused-ring (bicyclic) bond motifs is 1. The molecule has 4 rings (SSSR count). The molecule has 4 heteroatoms. The van der Waals surface area contributed by atoms with E-state index >= 15 is 0 Å². The summed E-state index contributed by atoms with van der Waals surface area (Å²) in [5.41, 5.74) is 2.65. The predicted octanol–water partition coefficient (Wildman–Crippen LogP) is 6.13. The molecule has 1 aliphatic rings. The van der Waals surface area contributed by atoms with Crippen LogP contribution in [0.15, 0.2) is 72.8 Å². The highest BCUT2D eigenvalue weighted by atomic mass is 35.5. The molecule has 1 aliphatic carbocycles. The van der Waals surface area contributed by atoms with E-state index in [4.69, 9.17) is 34.8 Å². The number of halogens is 3. The molecule has 0 aromatic heterocycles. The Morgan fingerprint density at radius 1 is 0.720 bits per heavy atom. The Morgan fingerprint density at radius 2 is 1.20 bits per heavy atom. The fraction of sp³-hybridized carbons (Fsp3) is 0.0952. The van der Waals surface area contributed by atoms with Crippen LogP contribution in [0.2, 0.25) is 10.0 Å². The molecule has 0 saturated carbocycles. The van der Waals surface area contributed by atoms with Gasteiger partial charge in [-0.1, -0.05) is 71.7 Å². The van der Waals surface area contributed by atoms with Gasteiger partial charge in [-0.3, -0.25) is 4.79 Å². The van der Waals surface area contributed by atoms with E-state index in [9.17, 15) is 4.79 Å². The zero-order valence-electron chi connectivity index (χ0n) is 13.0. The van der Waals surface area contributed by atoms with Gasteiger partial charge in [0.2, 0.25) is 0 Å². The van der Waals surface area contributed by atoms with Crippen LogP contribution >= 0.6 is 34.8 Å². The maximum atomic E-state index is 12.9. The lowest BCUT2D eigenvalue weighted by Crippen LogP contribution is -2.37. The molecular formula is C21H13Cl3O. The summed E-state index contributed by atoms with van der Waals surface area (Å²) in [7, 11) is 0. The smallest absolute Gasteiger partial charge is 0.182 e. The van der Waals surface area contributed by atoms with Gasteiger partial charge in [-0.2, -0.15) is 0 Å². The van der Waals surface area contributed by atoms with Gasteiger partial charge in [0.05, 0.1) is 5.41 Å². The van der Waals surface area contributed by atoms with E-state index in [0.717, 1.165) is 16.7 Å².